The third-order valence-corrected chi connectivity index (χ3v) is 6.10. The van der Waals surface area contributed by atoms with Gasteiger partial charge in [0.05, 0.1) is 42.7 Å². The van der Waals surface area contributed by atoms with Crippen LogP contribution >= 0.6 is 0 Å². The molecule has 0 unspecified atom stereocenters. The summed E-state index contributed by atoms with van der Waals surface area (Å²) in [6, 6.07) is 5.48. The highest BCUT2D eigenvalue weighted by Gasteiger charge is 2.20. The number of fused-ring (bicyclic) bond motifs is 2. The summed E-state index contributed by atoms with van der Waals surface area (Å²) in [5, 5.41) is 10.4. The average Bonchev–Trinajstić information content (AvgIpc) is 3.65. The normalized spacial score (nSPS) is 13.5. The van der Waals surface area contributed by atoms with E-state index in [1.807, 2.05) is 23.9 Å². The van der Waals surface area contributed by atoms with E-state index in [4.69, 9.17) is 14.7 Å². The topological polar surface area (TPSA) is 144 Å². The van der Waals surface area contributed by atoms with Crippen molar-refractivity contribution < 1.29 is 9.53 Å². The number of aromatic amines is 1. The number of anilines is 3. The molecule has 0 bridgehead atoms. The lowest BCUT2D eigenvalue weighted by Gasteiger charge is -2.27. The van der Waals surface area contributed by atoms with E-state index in [1.165, 1.54) is 0 Å². The van der Waals surface area contributed by atoms with Gasteiger partial charge in [-0.15, -0.1) is 0 Å². The van der Waals surface area contributed by atoms with Crippen LogP contribution in [0.25, 0.3) is 27.9 Å². The number of nitrogens with one attached hydrogen (secondary N) is 3. The van der Waals surface area contributed by atoms with E-state index in [9.17, 15) is 4.79 Å². The van der Waals surface area contributed by atoms with Gasteiger partial charge >= 0.3 is 0 Å². The second-order valence-corrected chi connectivity index (χ2v) is 8.73. The van der Waals surface area contributed by atoms with Gasteiger partial charge < -0.3 is 25.3 Å². The standard InChI is InChI=1S/C25H25N11O2/c1-3-4-21(37)29-16-5-6-18-19(11-16)31-20(30-18)13-26-23-22-24(33-25(32-23)35-7-9-38-10-8-35)36(15-27-22)17-12-28-34(2)14-17/h5-6,11-12,14-15H,7-10,13H2,1-2H3,(H,29,37)(H,30,31)(H,26,32,33). The van der Waals surface area contributed by atoms with Crippen molar-refractivity contribution in [1.82, 2.24) is 39.3 Å². The summed E-state index contributed by atoms with van der Waals surface area (Å²) < 4.78 is 9.15. The number of H-pyrrole nitrogens is 1. The van der Waals surface area contributed by atoms with Gasteiger partial charge in [0.1, 0.15) is 12.2 Å². The largest absolute Gasteiger partial charge is 0.378 e. The molecule has 0 saturated carbocycles. The minimum absolute atomic E-state index is 0.362. The third-order valence-electron chi connectivity index (χ3n) is 6.10. The number of nitrogens with zero attached hydrogens (tertiary/aromatic N) is 8. The summed E-state index contributed by atoms with van der Waals surface area (Å²) in [6.45, 7) is 4.66. The first kappa shape index (κ1) is 23.4. The SMILES string of the molecule is CC#CC(=O)Nc1ccc2[nH]c(CNc3nc(N4CCOCC4)nc4c3ncn4-c3cnn(C)c3)nc2c1. The van der Waals surface area contributed by atoms with Crippen LogP contribution < -0.4 is 15.5 Å². The fourth-order valence-electron chi connectivity index (χ4n) is 4.30. The van der Waals surface area contributed by atoms with Crippen LogP contribution in [-0.4, -0.2) is 71.5 Å². The number of hydrogen-bond donors (Lipinski definition) is 3. The van der Waals surface area contributed by atoms with Gasteiger partial charge in [0.2, 0.25) is 5.95 Å². The third kappa shape index (κ3) is 4.60. The second-order valence-electron chi connectivity index (χ2n) is 8.73. The number of imidazole rings is 2. The lowest BCUT2D eigenvalue weighted by atomic mass is 10.3. The van der Waals surface area contributed by atoms with Crippen molar-refractivity contribution in [3.8, 4) is 17.5 Å². The van der Waals surface area contributed by atoms with Crippen LogP contribution in [-0.2, 0) is 23.1 Å². The molecule has 1 saturated heterocycles. The van der Waals surface area contributed by atoms with Crippen LogP contribution in [0.3, 0.4) is 0 Å². The molecule has 6 rings (SSSR count). The number of aryl methyl sites for hydroxylation is 1. The molecule has 1 fully saturated rings. The summed E-state index contributed by atoms with van der Waals surface area (Å²) >= 11 is 0. The Kier molecular flexibility index (Phi) is 6.06. The highest BCUT2D eigenvalue weighted by atomic mass is 16.5. The number of hydrogen-bond acceptors (Lipinski definition) is 9. The monoisotopic (exact) mass is 511 g/mol. The van der Waals surface area contributed by atoms with Crippen LogP contribution in [0.1, 0.15) is 12.7 Å². The van der Waals surface area contributed by atoms with Crippen molar-refractivity contribution in [1.29, 1.82) is 0 Å². The van der Waals surface area contributed by atoms with Crippen molar-refractivity contribution in [2.75, 3.05) is 41.8 Å². The summed E-state index contributed by atoms with van der Waals surface area (Å²) in [7, 11) is 1.87. The number of carbonyl (C=O) groups is 1. The minimum Gasteiger partial charge on any atom is -0.378 e. The molecule has 1 aromatic carbocycles. The Balaban J connectivity index is 1.30. The van der Waals surface area contributed by atoms with Crippen molar-refractivity contribution in [3.63, 3.8) is 0 Å². The van der Waals surface area contributed by atoms with Gasteiger partial charge in [-0.25, -0.2) is 9.97 Å². The second kappa shape index (κ2) is 9.83. The molecule has 1 aliphatic rings. The Morgan fingerprint density at radius 2 is 2.08 bits per heavy atom. The molecule has 0 atom stereocenters. The van der Waals surface area contributed by atoms with Gasteiger partial charge in [0.25, 0.3) is 5.91 Å². The molecule has 0 spiro atoms. The van der Waals surface area contributed by atoms with Crippen molar-refractivity contribution >= 4 is 45.6 Å². The van der Waals surface area contributed by atoms with Crippen molar-refractivity contribution in [2.24, 2.45) is 7.05 Å². The van der Waals surface area contributed by atoms with E-state index >= 15 is 0 Å². The molecular formula is C25H25N11O2. The predicted molar refractivity (Wildman–Crippen MR) is 142 cm³/mol. The number of benzene rings is 1. The minimum atomic E-state index is -0.362. The molecule has 4 aromatic heterocycles. The summed E-state index contributed by atoms with van der Waals surface area (Å²) in [6.07, 6.45) is 5.40. The summed E-state index contributed by atoms with van der Waals surface area (Å²) in [5.74, 6) is 6.61. The molecular weight excluding hydrogens is 486 g/mol. The molecule has 0 radical (unpaired) electrons. The summed E-state index contributed by atoms with van der Waals surface area (Å²) in [4.78, 5) is 36.2. The van der Waals surface area contributed by atoms with Crippen LogP contribution in [0.5, 0.6) is 0 Å². The zero-order valence-corrected chi connectivity index (χ0v) is 20.9. The van der Waals surface area contributed by atoms with Gasteiger partial charge in [0.15, 0.2) is 17.0 Å². The fraction of sp³-hybridized carbons (Fsp3) is 0.280. The van der Waals surface area contributed by atoms with E-state index in [0.717, 1.165) is 16.7 Å². The lowest BCUT2D eigenvalue weighted by molar-refractivity contribution is -0.111. The zero-order chi connectivity index (χ0) is 26.1. The average molecular weight is 512 g/mol. The molecule has 13 heteroatoms. The first-order valence-electron chi connectivity index (χ1n) is 12.1. The Hall–Kier alpha value is -4.96. The molecule has 1 amide bonds. The maximum Gasteiger partial charge on any atom is 0.300 e. The maximum atomic E-state index is 11.8. The zero-order valence-electron chi connectivity index (χ0n) is 20.9. The Labute approximate surface area is 217 Å². The number of rotatable bonds is 6. The number of amides is 1. The molecule has 3 N–H and O–H groups in total. The Morgan fingerprint density at radius 3 is 2.87 bits per heavy atom. The van der Waals surface area contributed by atoms with Crippen molar-refractivity contribution in [2.45, 2.75) is 13.5 Å². The van der Waals surface area contributed by atoms with E-state index in [2.05, 4.69) is 47.4 Å². The fourth-order valence-corrected chi connectivity index (χ4v) is 4.30. The number of ether oxygens (including phenoxy) is 1. The predicted octanol–water partition coefficient (Wildman–Crippen LogP) is 1.84. The molecule has 5 aromatic rings. The van der Waals surface area contributed by atoms with Crippen LogP contribution in [0.15, 0.2) is 36.9 Å². The Bertz CT molecular complexity index is 1700. The maximum absolute atomic E-state index is 11.8. The first-order chi connectivity index (χ1) is 18.6. The highest BCUT2D eigenvalue weighted by Crippen LogP contribution is 2.26. The molecule has 13 nitrogen and oxygen atoms in total. The Morgan fingerprint density at radius 1 is 1.21 bits per heavy atom. The van der Waals surface area contributed by atoms with Crippen LogP contribution in [0.4, 0.5) is 17.5 Å². The van der Waals surface area contributed by atoms with Crippen LogP contribution in [0.2, 0.25) is 0 Å². The van der Waals surface area contributed by atoms with E-state index < -0.39 is 0 Å². The van der Waals surface area contributed by atoms with Crippen molar-refractivity contribution in [3.05, 3.63) is 42.7 Å². The van der Waals surface area contributed by atoms with Gasteiger partial charge in [-0.1, -0.05) is 5.92 Å². The number of carbonyl (C=O) groups excluding carboxylic acids is 1. The lowest BCUT2D eigenvalue weighted by Crippen LogP contribution is -2.37. The van der Waals surface area contributed by atoms with Gasteiger partial charge in [-0.2, -0.15) is 15.1 Å². The molecule has 38 heavy (non-hydrogen) atoms. The smallest absolute Gasteiger partial charge is 0.300 e. The van der Waals surface area contributed by atoms with Gasteiger partial charge in [-0.05, 0) is 31.0 Å². The van der Waals surface area contributed by atoms with E-state index in [1.54, 1.807) is 36.3 Å². The number of aromatic nitrogens is 8. The summed E-state index contributed by atoms with van der Waals surface area (Å²) in [5.41, 5.74) is 4.39. The first-order valence-corrected chi connectivity index (χ1v) is 12.1. The molecule has 0 aliphatic carbocycles. The molecule has 1 aliphatic heterocycles. The molecule has 5 heterocycles. The van der Waals surface area contributed by atoms with Gasteiger partial charge in [-0.3, -0.25) is 14.0 Å². The van der Waals surface area contributed by atoms with Gasteiger partial charge in [0, 0.05) is 32.0 Å². The van der Waals surface area contributed by atoms with E-state index in [-0.39, 0.29) is 5.91 Å². The quantitative estimate of drug-likeness (QED) is 0.291. The molecule has 192 valence electrons. The highest BCUT2D eigenvalue weighted by molar-refractivity contribution is 6.04. The van der Waals surface area contributed by atoms with E-state index in [0.29, 0.717) is 67.3 Å². The van der Waals surface area contributed by atoms with Crippen LogP contribution in [0, 0.1) is 11.8 Å². The number of morpholine rings is 1.